The first-order valence-corrected chi connectivity index (χ1v) is 8.62. The number of hydrogen-bond acceptors (Lipinski definition) is 3. The van der Waals surface area contributed by atoms with E-state index in [1.54, 1.807) is 17.0 Å². The van der Waals surface area contributed by atoms with Crippen LogP contribution in [0.15, 0.2) is 54.6 Å². The Balaban J connectivity index is 1.49. The van der Waals surface area contributed by atoms with E-state index in [0.717, 1.165) is 18.4 Å². The van der Waals surface area contributed by atoms with Crippen LogP contribution in [-0.4, -0.2) is 36.0 Å². The highest BCUT2D eigenvalue weighted by Crippen LogP contribution is 2.20. The molecule has 1 fully saturated rings. The van der Waals surface area contributed by atoms with Crippen molar-refractivity contribution in [2.45, 2.75) is 31.4 Å². The van der Waals surface area contributed by atoms with Crippen LogP contribution in [0.25, 0.3) is 0 Å². The highest BCUT2D eigenvalue weighted by atomic mass is 19.1. The van der Waals surface area contributed by atoms with E-state index in [1.165, 1.54) is 12.1 Å². The van der Waals surface area contributed by atoms with Crippen molar-refractivity contribution in [1.29, 1.82) is 0 Å². The van der Waals surface area contributed by atoms with Crippen molar-refractivity contribution in [3.63, 3.8) is 0 Å². The Labute approximate surface area is 147 Å². The van der Waals surface area contributed by atoms with Crippen molar-refractivity contribution in [3.05, 3.63) is 66.0 Å². The van der Waals surface area contributed by atoms with Gasteiger partial charge in [0.15, 0.2) is 0 Å². The molecule has 3 rings (SSSR count). The molecular weight excluding hydrogens is 319 g/mol. The Morgan fingerprint density at radius 1 is 1.16 bits per heavy atom. The quantitative estimate of drug-likeness (QED) is 0.909. The Hall–Kier alpha value is -2.40. The van der Waals surface area contributed by atoms with Gasteiger partial charge in [-0.2, -0.15) is 0 Å². The van der Waals surface area contributed by atoms with Crippen LogP contribution >= 0.6 is 0 Å². The van der Waals surface area contributed by atoms with Crippen molar-refractivity contribution in [3.8, 4) is 5.75 Å². The number of rotatable bonds is 5. The molecule has 1 amide bonds. The largest absolute Gasteiger partial charge is 0.490 e. The zero-order valence-electron chi connectivity index (χ0n) is 14.1. The van der Waals surface area contributed by atoms with Crippen LogP contribution in [0.5, 0.6) is 5.75 Å². The Morgan fingerprint density at radius 2 is 1.88 bits per heavy atom. The van der Waals surface area contributed by atoms with Crippen molar-refractivity contribution < 1.29 is 13.9 Å². The zero-order valence-corrected chi connectivity index (χ0v) is 14.1. The first-order valence-electron chi connectivity index (χ1n) is 8.62. The lowest BCUT2D eigenvalue weighted by Gasteiger charge is -2.33. The van der Waals surface area contributed by atoms with Crippen LogP contribution in [0.3, 0.4) is 0 Å². The minimum atomic E-state index is -0.525. The predicted octanol–water partition coefficient (Wildman–Crippen LogP) is 2.77. The van der Waals surface area contributed by atoms with Crippen LogP contribution in [0.2, 0.25) is 0 Å². The molecule has 1 saturated heterocycles. The van der Waals surface area contributed by atoms with E-state index < -0.39 is 6.04 Å². The third kappa shape index (κ3) is 4.79. The van der Waals surface area contributed by atoms with Crippen molar-refractivity contribution in [1.82, 2.24) is 4.90 Å². The number of likely N-dealkylation sites (tertiary alicyclic amines) is 1. The molecule has 1 aliphatic rings. The first kappa shape index (κ1) is 17.4. The molecule has 2 N–H and O–H groups in total. The van der Waals surface area contributed by atoms with Gasteiger partial charge in [0.1, 0.15) is 17.7 Å². The molecule has 132 valence electrons. The number of halogens is 1. The molecule has 0 aromatic heterocycles. The molecule has 0 saturated carbocycles. The fourth-order valence-electron chi connectivity index (χ4n) is 3.12. The molecule has 1 heterocycles. The Bertz CT molecular complexity index is 700. The zero-order chi connectivity index (χ0) is 17.6. The number of nitrogens with two attached hydrogens (primary N) is 1. The average molecular weight is 342 g/mol. The van der Waals surface area contributed by atoms with E-state index in [-0.39, 0.29) is 17.8 Å². The van der Waals surface area contributed by atoms with E-state index in [1.807, 2.05) is 30.3 Å². The van der Waals surface area contributed by atoms with Gasteiger partial charge in [0, 0.05) is 32.0 Å². The Kier molecular flexibility index (Phi) is 5.66. The van der Waals surface area contributed by atoms with Gasteiger partial charge in [-0.05, 0) is 24.1 Å². The van der Waals surface area contributed by atoms with Gasteiger partial charge >= 0.3 is 0 Å². The summed E-state index contributed by atoms with van der Waals surface area (Å²) in [4.78, 5) is 14.3. The number of amides is 1. The molecule has 2 aromatic rings. The average Bonchev–Trinajstić information content (AvgIpc) is 2.62. The first-order chi connectivity index (χ1) is 12.1. The van der Waals surface area contributed by atoms with E-state index in [0.29, 0.717) is 25.3 Å². The van der Waals surface area contributed by atoms with E-state index in [2.05, 4.69) is 0 Å². The molecule has 5 heteroatoms. The van der Waals surface area contributed by atoms with Gasteiger partial charge in [0.2, 0.25) is 5.91 Å². The van der Waals surface area contributed by atoms with Gasteiger partial charge in [0.05, 0.1) is 6.04 Å². The van der Waals surface area contributed by atoms with Crippen molar-refractivity contribution in [2.24, 2.45) is 5.73 Å². The molecule has 4 nitrogen and oxygen atoms in total. The molecule has 0 bridgehead atoms. The van der Waals surface area contributed by atoms with Gasteiger partial charge in [0.25, 0.3) is 0 Å². The number of nitrogens with zero attached hydrogens (tertiary/aromatic N) is 1. The van der Waals surface area contributed by atoms with Crippen LogP contribution in [0, 0.1) is 5.82 Å². The summed E-state index contributed by atoms with van der Waals surface area (Å²) < 4.78 is 19.0. The van der Waals surface area contributed by atoms with Gasteiger partial charge in [-0.15, -0.1) is 0 Å². The standard InChI is InChI=1S/C20H23FN2O2/c21-16-7-4-8-18(14-16)25-17-9-11-23(12-10-17)20(24)19(22)13-15-5-2-1-3-6-15/h1-8,14,17,19H,9-13,22H2/t19-/m1/s1. The third-order valence-electron chi connectivity index (χ3n) is 4.47. The predicted molar refractivity (Wildman–Crippen MR) is 94.8 cm³/mol. The molecule has 0 unspecified atom stereocenters. The minimum Gasteiger partial charge on any atom is -0.490 e. The van der Waals surface area contributed by atoms with Crippen molar-refractivity contribution in [2.75, 3.05) is 13.1 Å². The third-order valence-corrected chi connectivity index (χ3v) is 4.47. The molecule has 0 radical (unpaired) electrons. The maximum Gasteiger partial charge on any atom is 0.239 e. The number of carbonyl (C=O) groups is 1. The molecular formula is C20H23FN2O2. The number of piperidine rings is 1. The number of benzene rings is 2. The summed E-state index contributed by atoms with van der Waals surface area (Å²) in [5.41, 5.74) is 7.15. The van der Waals surface area contributed by atoms with Gasteiger partial charge in [-0.25, -0.2) is 4.39 Å². The number of hydrogen-bond donors (Lipinski definition) is 1. The highest BCUT2D eigenvalue weighted by Gasteiger charge is 2.27. The van der Waals surface area contributed by atoms with Crippen LogP contribution in [0.1, 0.15) is 18.4 Å². The molecule has 1 aliphatic heterocycles. The molecule has 25 heavy (non-hydrogen) atoms. The van der Waals surface area contributed by atoms with Gasteiger partial charge in [-0.3, -0.25) is 4.79 Å². The monoisotopic (exact) mass is 342 g/mol. The van der Waals surface area contributed by atoms with E-state index in [9.17, 15) is 9.18 Å². The lowest BCUT2D eigenvalue weighted by Crippen LogP contribution is -2.49. The summed E-state index contributed by atoms with van der Waals surface area (Å²) in [7, 11) is 0. The Morgan fingerprint density at radius 3 is 2.56 bits per heavy atom. The highest BCUT2D eigenvalue weighted by molar-refractivity contribution is 5.82. The van der Waals surface area contributed by atoms with E-state index in [4.69, 9.17) is 10.5 Å². The lowest BCUT2D eigenvalue weighted by molar-refractivity contribution is -0.134. The smallest absolute Gasteiger partial charge is 0.239 e. The maximum absolute atomic E-state index is 13.2. The normalized spacial score (nSPS) is 16.5. The SMILES string of the molecule is N[C@H](Cc1ccccc1)C(=O)N1CCC(Oc2cccc(F)c2)CC1. The van der Waals surface area contributed by atoms with E-state index >= 15 is 0 Å². The van der Waals surface area contributed by atoms with Crippen molar-refractivity contribution >= 4 is 5.91 Å². The summed E-state index contributed by atoms with van der Waals surface area (Å²) in [5, 5.41) is 0. The summed E-state index contributed by atoms with van der Waals surface area (Å²) in [6.07, 6.45) is 1.98. The second-order valence-corrected chi connectivity index (χ2v) is 6.40. The minimum absolute atomic E-state index is 0.00352. The van der Waals surface area contributed by atoms with Crippen LogP contribution in [-0.2, 0) is 11.2 Å². The number of ether oxygens (including phenoxy) is 1. The molecule has 0 aliphatic carbocycles. The fourth-order valence-corrected chi connectivity index (χ4v) is 3.12. The molecule has 0 spiro atoms. The van der Waals surface area contributed by atoms with Gasteiger partial charge in [-0.1, -0.05) is 36.4 Å². The lowest BCUT2D eigenvalue weighted by atomic mass is 10.0. The second kappa shape index (κ2) is 8.12. The maximum atomic E-state index is 13.2. The summed E-state index contributed by atoms with van der Waals surface area (Å²) >= 11 is 0. The summed E-state index contributed by atoms with van der Waals surface area (Å²) in [5.74, 6) is 0.204. The van der Waals surface area contributed by atoms with Gasteiger partial charge < -0.3 is 15.4 Å². The fraction of sp³-hybridized carbons (Fsp3) is 0.350. The number of carbonyl (C=O) groups excluding carboxylic acids is 1. The van der Waals surface area contributed by atoms with Crippen LogP contribution in [0.4, 0.5) is 4.39 Å². The topological polar surface area (TPSA) is 55.6 Å². The molecule has 1 atom stereocenters. The van der Waals surface area contributed by atoms with Crippen LogP contribution < -0.4 is 10.5 Å². The second-order valence-electron chi connectivity index (χ2n) is 6.40. The summed E-state index contributed by atoms with van der Waals surface area (Å²) in [6.45, 7) is 1.22. The molecule has 2 aromatic carbocycles. The summed E-state index contributed by atoms with van der Waals surface area (Å²) in [6, 6.07) is 15.4.